The van der Waals surface area contributed by atoms with Crippen molar-refractivity contribution < 1.29 is 13.3 Å². The van der Waals surface area contributed by atoms with Crippen LogP contribution >= 0.6 is 0 Å². The van der Waals surface area contributed by atoms with E-state index in [4.69, 9.17) is 13.3 Å². The van der Waals surface area contributed by atoms with E-state index in [1.807, 2.05) is 0 Å². The summed E-state index contributed by atoms with van der Waals surface area (Å²) in [6.07, 6.45) is 7.90. The van der Waals surface area contributed by atoms with Gasteiger partial charge in [-0.25, -0.2) is 0 Å². The van der Waals surface area contributed by atoms with Gasteiger partial charge in [0, 0.05) is 25.4 Å². The normalized spacial score (nSPS) is 29.7. The third kappa shape index (κ3) is 2.85. The van der Waals surface area contributed by atoms with E-state index >= 15 is 0 Å². The van der Waals surface area contributed by atoms with Gasteiger partial charge in [-0.2, -0.15) is 0 Å². The van der Waals surface area contributed by atoms with Gasteiger partial charge in [0.25, 0.3) is 0 Å². The molecule has 2 rings (SSSR count). The summed E-state index contributed by atoms with van der Waals surface area (Å²) in [6.45, 7) is 10.6. The third-order valence-electron chi connectivity index (χ3n) is 5.24. The lowest BCUT2D eigenvalue weighted by molar-refractivity contribution is 0.0407. The van der Waals surface area contributed by atoms with E-state index in [0.29, 0.717) is 30.8 Å². The zero-order valence-corrected chi connectivity index (χ0v) is 14.7. The first kappa shape index (κ1) is 16.5. The molecule has 0 spiro atoms. The number of hydrogen-bond donors (Lipinski definition) is 0. The van der Waals surface area contributed by atoms with Gasteiger partial charge in [0.05, 0.1) is 0 Å². The van der Waals surface area contributed by atoms with Crippen molar-refractivity contribution in [2.75, 3.05) is 19.8 Å². The molecule has 20 heavy (non-hydrogen) atoms. The first-order valence-corrected chi connectivity index (χ1v) is 10.4. The lowest BCUT2D eigenvalue weighted by atomic mass is 9.80. The van der Waals surface area contributed by atoms with E-state index in [1.54, 1.807) is 0 Å². The zero-order valence-electron chi connectivity index (χ0n) is 13.7. The van der Waals surface area contributed by atoms with Crippen molar-refractivity contribution in [3.63, 3.8) is 0 Å². The standard InChI is InChI=1S/C16H32O3Si/c1-5-9-10-15(16-12-11-14(16)13-16)20(17-6-2,18-7-3)19-8-4/h14-15H,5-13H2,1-4H3. The second-order valence-corrected chi connectivity index (χ2v) is 9.04. The monoisotopic (exact) mass is 300 g/mol. The Morgan fingerprint density at radius 1 is 1.05 bits per heavy atom. The molecule has 0 N–H and O–H groups in total. The van der Waals surface area contributed by atoms with Crippen LogP contribution in [0.5, 0.6) is 0 Å². The summed E-state index contributed by atoms with van der Waals surface area (Å²) in [5.74, 6) is 0.942. The topological polar surface area (TPSA) is 27.7 Å². The Balaban J connectivity index is 2.19. The van der Waals surface area contributed by atoms with E-state index in [1.165, 1.54) is 38.5 Å². The summed E-state index contributed by atoms with van der Waals surface area (Å²) in [4.78, 5) is 0. The van der Waals surface area contributed by atoms with Crippen molar-refractivity contribution in [1.29, 1.82) is 0 Å². The van der Waals surface area contributed by atoms with Crippen LogP contribution in [0.4, 0.5) is 0 Å². The highest BCUT2D eigenvalue weighted by Crippen LogP contribution is 2.76. The Bertz CT molecular complexity index is 289. The van der Waals surface area contributed by atoms with Crippen molar-refractivity contribution in [1.82, 2.24) is 0 Å². The highest BCUT2D eigenvalue weighted by Gasteiger charge is 2.71. The van der Waals surface area contributed by atoms with Crippen LogP contribution in [-0.2, 0) is 13.3 Å². The lowest BCUT2D eigenvalue weighted by Crippen LogP contribution is -2.54. The molecular weight excluding hydrogens is 268 g/mol. The number of rotatable bonds is 11. The molecular formula is C16H32O3Si. The summed E-state index contributed by atoms with van der Waals surface area (Å²) in [6, 6.07) is 0. The average molecular weight is 301 g/mol. The molecule has 0 aliphatic heterocycles. The fourth-order valence-corrected chi connectivity index (χ4v) is 8.00. The van der Waals surface area contributed by atoms with Crippen LogP contribution in [-0.4, -0.2) is 28.6 Å². The van der Waals surface area contributed by atoms with Gasteiger partial charge >= 0.3 is 8.80 Å². The van der Waals surface area contributed by atoms with Gasteiger partial charge in [-0.3, -0.25) is 0 Å². The minimum absolute atomic E-state index is 0.529. The fourth-order valence-electron chi connectivity index (χ4n) is 4.18. The molecule has 0 aromatic rings. The smallest absolute Gasteiger partial charge is 0.374 e. The van der Waals surface area contributed by atoms with Gasteiger partial charge in [0.15, 0.2) is 0 Å². The Hall–Kier alpha value is 0.0969. The zero-order chi connectivity index (χ0) is 14.6. The van der Waals surface area contributed by atoms with Crippen LogP contribution in [0.25, 0.3) is 0 Å². The summed E-state index contributed by atoms with van der Waals surface area (Å²) in [5.41, 5.74) is 1.06. The average Bonchev–Trinajstić information content (AvgIpc) is 2.93. The number of unbranched alkanes of at least 4 members (excludes halogenated alkanes) is 1. The minimum atomic E-state index is -2.53. The Morgan fingerprint density at radius 2 is 1.65 bits per heavy atom. The molecule has 0 heterocycles. The molecule has 2 aliphatic rings. The molecule has 118 valence electrons. The van der Waals surface area contributed by atoms with E-state index < -0.39 is 8.80 Å². The molecule has 0 saturated heterocycles. The maximum Gasteiger partial charge on any atom is 0.504 e. The van der Waals surface area contributed by atoms with Crippen LogP contribution in [0.1, 0.15) is 66.2 Å². The third-order valence-corrected chi connectivity index (χ3v) is 9.03. The van der Waals surface area contributed by atoms with Gasteiger partial charge in [0.1, 0.15) is 0 Å². The van der Waals surface area contributed by atoms with Crippen molar-refractivity contribution in [2.45, 2.75) is 71.8 Å². The number of hydrogen-bond acceptors (Lipinski definition) is 3. The van der Waals surface area contributed by atoms with Crippen LogP contribution in [0.15, 0.2) is 0 Å². The van der Waals surface area contributed by atoms with Crippen LogP contribution < -0.4 is 0 Å². The van der Waals surface area contributed by atoms with Crippen molar-refractivity contribution in [3.8, 4) is 0 Å². The van der Waals surface area contributed by atoms with Gasteiger partial charge in [-0.1, -0.05) is 19.8 Å². The van der Waals surface area contributed by atoms with E-state index in [9.17, 15) is 0 Å². The second-order valence-electron chi connectivity index (χ2n) is 6.27. The molecule has 4 heteroatoms. The summed E-state index contributed by atoms with van der Waals surface area (Å²) >= 11 is 0. The first-order chi connectivity index (χ1) is 9.69. The quantitative estimate of drug-likeness (QED) is 0.529. The van der Waals surface area contributed by atoms with Crippen molar-refractivity contribution in [2.24, 2.45) is 11.3 Å². The largest absolute Gasteiger partial charge is 0.504 e. The molecule has 0 aromatic heterocycles. The van der Waals surface area contributed by atoms with Gasteiger partial charge < -0.3 is 13.3 Å². The van der Waals surface area contributed by atoms with Crippen molar-refractivity contribution >= 4 is 8.80 Å². The van der Waals surface area contributed by atoms with Gasteiger partial charge in [-0.15, -0.1) is 0 Å². The summed E-state index contributed by atoms with van der Waals surface area (Å²) in [7, 11) is -2.53. The SMILES string of the molecule is CCCCC(C12CCC1C2)[Si](OCC)(OCC)OCC. The van der Waals surface area contributed by atoms with E-state index in [0.717, 1.165) is 5.92 Å². The molecule has 0 bridgehead atoms. The highest BCUT2D eigenvalue weighted by atomic mass is 28.4. The van der Waals surface area contributed by atoms with Gasteiger partial charge in [0.2, 0.25) is 0 Å². The lowest BCUT2D eigenvalue weighted by Gasteiger charge is -2.43. The highest BCUT2D eigenvalue weighted by molar-refractivity contribution is 6.62. The van der Waals surface area contributed by atoms with Crippen LogP contribution in [0.3, 0.4) is 0 Å². The maximum atomic E-state index is 6.21. The Morgan fingerprint density at radius 3 is 1.95 bits per heavy atom. The fraction of sp³-hybridized carbons (Fsp3) is 1.00. The Kier molecular flexibility index (Phi) is 5.68. The molecule has 2 fully saturated rings. The molecule has 3 nitrogen and oxygen atoms in total. The second kappa shape index (κ2) is 6.90. The maximum absolute atomic E-state index is 6.21. The van der Waals surface area contributed by atoms with Crippen LogP contribution in [0, 0.1) is 11.3 Å². The van der Waals surface area contributed by atoms with Gasteiger partial charge in [-0.05, 0) is 57.8 Å². The molecule has 2 saturated carbocycles. The molecule has 2 aliphatic carbocycles. The minimum Gasteiger partial charge on any atom is -0.374 e. The van der Waals surface area contributed by atoms with Crippen molar-refractivity contribution in [3.05, 3.63) is 0 Å². The van der Waals surface area contributed by atoms with E-state index in [2.05, 4.69) is 27.7 Å². The van der Waals surface area contributed by atoms with Crippen LogP contribution in [0.2, 0.25) is 5.54 Å². The Labute approximate surface area is 125 Å². The first-order valence-electron chi connectivity index (χ1n) is 8.60. The predicted octanol–water partition coefficient (Wildman–Crippen LogP) is 4.40. The summed E-state index contributed by atoms with van der Waals surface area (Å²) in [5, 5.41) is 0. The summed E-state index contributed by atoms with van der Waals surface area (Å²) < 4.78 is 18.6. The number of fused-ring (bicyclic) bond motifs is 1. The molecule has 3 atom stereocenters. The predicted molar refractivity (Wildman–Crippen MR) is 83.7 cm³/mol. The molecule has 3 unspecified atom stereocenters. The van der Waals surface area contributed by atoms with E-state index in [-0.39, 0.29) is 0 Å². The molecule has 0 aromatic carbocycles. The molecule has 0 radical (unpaired) electrons. The molecule has 0 amide bonds.